The summed E-state index contributed by atoms with van der Waals surface area (Å²) in [6, 6.07) is 13.3. The fourth-order valence-electron chi connectivity index (χ4n) is 2.72. The van der Waals surface area contributed by atoms with Gasteiger partial charge in [-0.05, 0) is 17.7 Å². The first-order valence-electron chi connectivity index (χ1n) is 7.67. The SMILES string of the molecule is CN1C(=O)[C@@H](NC(=O)C(=O)NCc2ccccc2Cl)c2ccccc21. The standard InChI is InChI=1S/C18H16ClN3O3/c1-22-14-9-5-3-7-12(14)15(18(22)25)21-17(24)16(23)20-10-11-6-2-4-8-13(11)19/h2-9,15H,10H2,1H3,(H,20,23)(H,21,24)/t15-/m0/s1. The van der Waals surface area contributed by atoms with E-state index < -0.39 is 17.9 Å². The number of rotatable bonds is 3. The van der Waals surface area contributed by atoms with E-state index in [0.717, 1.165) is 0 Å². The monoisotopic (exact) mass is 357 g/mol. The Bertz CT molecular complexity index is 853. The van der Waals surface area contributed by atoms with Crippen molar-refractivity contribution >= 4 is 35.0 Å². The number of carbonyl (C=O) groups is 3. The Morgan fingerprint density at radius 3 is 2.52 bits per heavy atom. The number of halogens is 1. The molecule has 2 aromatic rings. The van der Waals surface area contributed by atoms with Gasteiger partial charge in [0.2, 0.25) is 0 Å². The summed E-state index contributed by atoms with van der Waals surface area (Å²) in [6.45, 7) is 0.126. The zero-order chi connectivity index (χ0) is 18.0. The predicted octanol–water partition coefficient (Wildman–Crippen LogP) is 1.79. The number of nitrogens with one attached hydrogen (secondary N) is 2. The molecule has 0 spiro atoms. The van der Waals surface area contributed by atoms with Gasteiger partial charge in [0.25, 0.3) is 5.91 Å². The van der Waals surface area contributed by atoms with E-state index in [9.17, 15) is 14.4 Å². The van der Waals surface area contributed by atoms with Gasteiger partial charge >= 0.3 is 11.8 Å². The molecule has 1 aliphatic rings. The molecular weight excluding hydrogens is 342 g/mol. The number of fused-ring (bicyclic) bond motifs is 1. The molecule has 1 aliphatic heterocycles. The van der Waals surface area contributed by atoms with Crippen molar-refractivity contribution in [3.05, 3.63) is 64.7 Å². The van der Waals surface area contributed by atoms with Gasteiger partial charge in [0.05, 0.1) is 0 Å². The minimum absolute atomic E-state index is 0.126. The number of hydrogen-bond donors (Lipinski definition) is 2. The molecule has 2 aromatic carbocycles. The molecule has 0 unspecified atom stereocenters. The summed E-state index contributed by atoms with van der Waals surface area (Å²) < 4.78 is 0. The number of para-hydroxylation sites is 1. The molecule has 3 rings (SSSR count). The number of anilines is 1. The van der Waals surface area contributed by atoms with Crippen LogP contribution in [0.5, 0.6) is 0 Å². The zero-order valence-corrected chi connectivity index (χ0v) is 14.2. The van der Waals surface area contributed by atoms with E-state index >= 15 is 0 Å². The first-order valence-corrected chi connectivity index (χ1v) is 8.05. The minimum Gasteiger partial charge on any atom is -0.344 e. The minimum atomic E-state index is -0.865. The fraction of sp³-hybridized carbons (Fsp3) is 0.167. The molecular formula is C18H16ClN3O3. The fourth-order valence-corrected chi connectivity index (χ4v) is 2.92. The average Bonchev–Trinajstić information content (AvgIpc) is 2.86. The van der Waals surface area contributed by atoms with E-state index in [1.54, 1.807) is 49.5 Å². The van der Waals surface area contributed by atoms with Gasteiger partial charge in [0.1, 0.15) is 6.04 Å². The highest BCUT2D eigenvalue weighted by atomic mass is 35.5. The van der Waals surface area contributed by atoms with Crippen LogP contribution >= 0.6 is 11.6 Å². The van der Waals surface area contributed by atoms with Crippen LogP contribution in [-0.4, -0.2) is 24.8 Å². The molecule has 0 aliphatic carbocycles. The number of hydrogen-bond acceptors (Lipinski definition) is 3. The van der Waals surface area contributed by atoms with E-state index in [4.69, 9.17) is 11.6 Å². The van der Waals surface area contributed by atoms with E-state index in [0.29, 0.717) is 21.8 Å². The zero-order valence-electron chi connectivity index (χ0n) is 13.5. The molecule has 0 aromatic heterocycles. The molecule has 0 saturated heterocycles. The molecule has 3 amide bonds. The maximum absolute atomic E-state index is 12.3. The third-order valence-electron chi connectivity index (χ3n) is 4.07. The van der Waals surface area contributed by atoms with Crippen molar-refractivity contribution < 1.29 is 14.4 Å². The summed E-state index contributed by atoms with van der Waals surface area (Å²) in [4.78, 5) is 37.9. The molecule has 0 fully saturated rings. The van der Waals surface area contributed by atoms with Crippen LogP contribution in [0.3, 0.4) is 0 Å². The van der Waals surface area contributed by atoms with Crippen LogP contribution < -0.4 is 15.5 Å². The van der Waals surface area contributed by atoms with E-state index in [1.165, 1.54) is 4.90 Å². The van der Waals surface area contributed by atoms with Crippen molar-refractivity contribution in [3.8, 4) is 0 Å². The number of amides is 3. The highest BCUT2D eigenvalue weighted by molar-refractivity contribution is 6.36. The Kier molecular flexibility index (Phi) is 4.72. The Balaban J connectivity index is 1.65. The van der Waals surface area contributed by atoms with Crippen molar-refractivity contribution in [3.63, 3.8) is 0 Å². The van der Waals surface area contributed by atoms with Gasteiger partial charge in [0.15, 0.2) is 0 Å². The summed E-state index contributed by atoms with van der Waals surface area (Å²) in [5.74, 6) is -1.97. The second-order valence-corrected chi connectivity index (χ2v) is 6.04. The van der Waals surface area contributed by atoms with Crippen molar-refractivity contribution in [1.82, 2.24) is 10.6 Å². The van der Waals surface area contributed by atoms with E-state index in [2.05, 4.69) is 10.6 Å². The summed E-state index contributed by atoms with van der Waals surface area (Å²) in [7, 11) is 1.63. The Hall–Kier alpha value is -2.86. The van der Waals surface area contributed by atoms with Crippen molar-refractivity contribution in [2.45, 2.75) is 12.6 Å². The molecule has 7 heteroatoms. The molecule has 1 heterocycles. The van der Waals surface area contributed by atoms with Gasteiger partial charge < -0.3 is 15.5 Å². The lowest BCUT2D eigenvalue weighted by molar-refractivity contribution is -0.140. The van der Waals surface area contributed by atoms with E-state index in [1.807, 2.05) is 6.07 Å². The topological polar surface area (TPSA) is 78.5 Å². The average molecular weight is 358 g/mol. The Morgan fingerprint density at radius 2 is 1.76 bits per heavy atom. The quantitative estimate of drug-likeness (QED) is 0.822. The van der Waals surface area contributed by atoms with Crippen LogP contribution in [0.15, 0.2) is 48.5 Å². The molecule has 0 radical (unpaired) electrons. The molecule has 0 bridgehead atoms. The van der Waals surface area contributed by atoms with Gasteiger partial charge in [-0.25, -0.2) is 0 Å². The number of nitrogens with zero attached hydrogens (tertiary/aromatic N) is 1. The van der Waals surface area contributed by atoms with Crippen LogP contribution in [0.2, 0.25) is 5.02 Å². The number of benzene rings is 2. The lowest BCUT2D eigenvalue weighted by Gasteiger charge is -2.13. The molecule has 25 heavy (non-hydrogen) atoms. The number of carbonyl (C=O) groups excluding carboxylic acids is 3. The molecule has 6 nitrogen and oxygen atoms in total. The summed E-state index contributed by atoms with van der Waals surface area (Å²) >= 11 is 6.01. The second-order valence-electron chi connectivity index (χ2n) is 5.64. The first-order chi connectivity index (χ1) is 12.0. The van der Waals surface area contributed by atoms with Gasteiger partial charge in [-0.3, -0.25) is 14.4 Å². The van der Waals surface area contributed by atoms with Crippen molar-refractivity contribution in [2.75, 3.05) is 11.9 Å². The van der Waals surface area contributed by atoms with Gasteiger partial charge in [-0.2, -0.15) is 0 Å². The van der Waals surface area contributed by atoms with Gasteiger partial charge in [0, 0.05) is 29.9 Å². The summed E-state index contributed by atoms with van der Waals surface area (Å²) in [6.07, 6.45) is 0. The Morgan fingerprint density at radius 1 is 1.08 bits per heavy atom. The lowest BCUT2D eigenvalue weighted by atomic mass is 10.1. The highest BCUT2D eigenvalue weighted by Gasteiger charge is 2.36. The maximum atomic E-state index is 12.3. The van der Waals surface area contributed by atoms with E-state index in [-0.39, 0.29) is 12.5 Å². The lowest BCUT2D eigenvalue weighted by Crippen LogP contribution is -2.43. The smallest absolute Gasteiger partial charge is 0.310 e. The Labute approximate surface area is 149 Å². The van der Waals surface area contributed by atoms with Crippen LogP contribution in [0.1, 0.15) is 17.2 Å². The predicted molar refractivity (Wildman–Crippen MR) is 94.0 cm³/mol. The van der Waals surface area contributed by atoms with Crippen molar-refractivity contribution in [2.24, 2.45) is 0 Å². The third-order valence-corrected chi connectivity index (χ3v) is 4.43. The van der Waals surface area contributed by atoms with Crippen LogP contribution in [0.25, 0.3) is 0 Å². The molecule has 0 saturated carbocycles. The van der Waals surface area contributed by atoms with Crippen molar-refractivity contribution in [1.29, 1.82) is 0 Å². The van der Waals surface area contributed by atoms with Gasteiger partial charge in [-0.15, -0.1) is 0 Å². The third kappa shape index (κ3) is 3.34. The molecule has 2 N–H and O–H groups in total. The van der Waals surface area contributed by atoms with Gasteiger partial charge in [-0.1, -0.05) is 48.0 Å². The summed E-state index contributed by atoms with van der Waals surface area (Å²) in [5.41, 5.74) is 2.09. The molecule has 1 atom stereocenters. The normalized spacial score (nSPS) is 15.7. The maximum Gasteiger partial charge on any atom is 0.310 e. The second kappa shape index (κ2) is 6.94. The van der Waals surface area contributed by atoms with Crippen LogP contribution in [0.4, 0.5) is 5.69 Å². The highest BCUT2D eigenvalue weighted by Crippen LogP contribution is 2.34. The summed E-state index contributed by atoms with van der Waals surface area (Å²) in [5, 5.41) is 5.50. The van der Waals surface area contributed by atoms with Crippen LogP contribution in [0, 0.1) is 0 Å². The molecule has 128 valence electrons. The van der Waals surface area contributed by atoms with Crippen LogP contribution in [-0.2, 0) is 20.9 Å². The first kappa shape index (κ1) is 17.0. The number of likely N-dealkylation sites (N-methyl/N-ethyl adjacent to an activating group) is 1. The largest absolute Gasteiger partial charge is 0.344 e.